The molecule has 7 nitrogen and oxygen atoms in total. The number of nitrogens with one attached hydrogen (secondary N) is 1. The number of aromatic nitrogens is 1. The zero-order valence-corrected chi connectivity index (χ0v) is 19.2. The highest BCUT2D eigenvalue weighted by molar-refractivity contribution is 7.90. The normalized spacial score (nSPS) is 14.5. The van der Waals surface area contributed by atoms with Crippen molar-refractivity contribution in [2.45, 2.75) is 4.90 Å². The van der Waals surface area contributed by atoms with Crippen molar-refractivity contribution >= 4 is 55.2 Å². The van der Waals surface area contributed by atoms with Gasteiger partial charge in [-0.15, -0.1) is 11.3 Å². The summed E-state index contributed by atoms with van der Waals surface area (Å²) >= 11 is 7.61. The van der Waals surface area contributed by atoms with E-state index in [9.17, 15) is 13.2 Å². The van der Waals surface area contributed by atoms with Crippen LogP contribution in [0.25, 0.3) is 0 Å². The maximum atomic E-state index is 12.9. The van der Waals surface area contributed by atoms with Gasteiger partial charge in [0.25, 0.3) is 5.91 Å². The Morgan fingerprint density at radius 3 is 2.39 bits per heavy atom. The standard InChI is InChI=1S/C21H21ClN4O3S2/c1-31(28,29)16-8-6-15(7-9-16)23-21-24-18(14-30-21)20(27)26-12-10-25(11-13-26)19-5-3-2-4-17(19)22/h2-9,14H,10-13H2,1H3,(H,23,24). The molecule has 4 rings (SSSR count). The Kier molecular flexibility index (Phi) is 6.17. The van der Waals surface area contributed by atoms with Crippen molar-refractivity contribution in [2.24, 2.45) is 0 Å². The molecule has 1 amide bonds. The van der Waals surface area contributed by atoms with Crippen LogP contribution in [-0.4, -0.2) is 56.6 Å². The van der Waals surface area contributed by atoms with Crippen LogP contribution in [0.1, 0.15) is 10.5 Å². The van der Waals surface area contributed by atoms with Crippen LogP contribution >= 0.6 is 22.9 Å². The highest BCUT2D eigenvalue weighted by atomic mass is 35.5. The highest BCUT2D eigenvalue weighted by Gasteiger charge is 2.24. The molecule has 0 saturated carbocycles. The minimum atomic E-state index is -3.24. The lowest BCUT2D eigenvalue weighted by Gasteiger charge is -2.36. The number of piperazine rings is 1. The van der Waals surface area contributed by atoms with E-state index in [4.69, 9.17) is 11.6 Å². The van der Waals surface area contributed by atoms with Crippen molar-refractivity contribution in [3.8, 4) is 0 Å². The van der Waals surface area contributed by atoms with Crippen molar-refractivity contribution in [3.05, 3.63) is 64.6 Å². The number of para-hydroxylation sites is 1. The van der Waals surface area contributed by atoms with Gasteiger partial charge in [-0.1, -0.05) is 23.7 Å². The Bertz CT molecular complexity index is 1190. The van der Waals surface area contributed by atoms with Crippen LogP contribution in [0.4, 0.5) is 16.5 Å². The molecule has 162 valence electrons. The second-order valence-corrected chi connectivity index (χ2v) is 10.5. The van der Waals surface area contributed by atoms with Crippen LogP contribution in [0.5, 0.6) is 0 Å². The van der Waals surface area contributed by atoms with E-state index in [-0.39, 0.29) is 10.8 Å². The van der Waals surface area contributed by atoms with Gasteiger partial charge in [-0.3, -0.25) is 4.79 Å². The van der Waals surface area contributed by atoms with Gasteiger partial charge in [-0.2, -0.15) is 0 Å². The summed E-state index contributed by atoms with van der Waals surface area (Å²) in [5.74, 6) is -0.101. The average Bonchev–Trinajstić information content (AvgIpc) is 3.22. The summed E-state index contributed by atoms with van der Waals surface area (Å²) in [5, 5.41) is 6.13. The zero-order chi connectivity index (χ0) is 22.0. The first-order chi connectivity index (χ1) is 14.8. The van der Waals surface area contributed by atoms with Crippen molar-refractivity contribution in [2.75, 3.05) is 42.7 Å². The highest BCUT2D eigenvalue weighted by Crippen LogP contribution is 2.27. The van der Waals surface area contributed by atoms with Gasteiger partial charge in [0.05, 0.1) is 15.6 Å². The third kappa shape index (κ3) is 5.00. The van der Waals surface area contributed by atoms with Crippen LogP contribution in [0.3, 0.4) is 0 Å². The van der Waals surface area contributed by atoms with Crippen LogP contribution in [0, 0.1) is 0 Å². The molecule has 0 bridgehead atoms. The minimum absolute atomic E-state index is 0.101. The number of amides is 1. The van der Waals surface area contributed by atoms with Crippen molar-refractivity contribution < 1.29 is 13.2 Å². The Morgan fingerprint density at radius 2 is 1.74 bits per heavy atom. The molecule has 1 aliphatic rings. The molecule has 0 aliphatic carbocycles. The second kappa shape index (κ2) is 8.86. The first-order valence-corrected chi connectivity index (χ1v) is 12.8. The Morgan fingerprint density at radius 1 is 1.06 bits per heavy atom. The first-order valence-electron chi connectivity index (χ1n) is 9.63. The van der Waals surface area contributed by atoms with Gasteiger partial charge >= 0.3 is 0 Å². The number of halogens is 1. The number of anilines is 3. The van der Waals surface area contributed by atoms with Crippen LogP contribution in [0.2, 0.25) is 5.02 Å². The number of carbonyl (C=O) groups excluding carboxylic acids is 1. The number of thiazole rings is 1. The SMILES string of the molecule is CS(=O)(=O)c1ccc(Nc2nc(C(=O)N3CCN(c4ccccc4Cl)CC3)cs2)cc1. The first kappa shape index (κ1) is 21.6. The number of nitrogens with zero attached hydrogens (tertiary/aromatic N) is 3. The fourth-order valence-corrected chi connectivity index (χ4v) is 4.95. The molecule has 1 aromatic heterocycles. The second-order valence-electron chi connectivity index (χ2n) is 7.19. The predicted molar refractivity (Wildman–Crippen MR) is 125 cm³/mol. The summed E-state index contributed by atoms with van der Waals surface area (Å²) in [5.41, 5.74) is 2.08. The number of hydrogen-bond donors (Lipinski definition) is 1. The van der Waals surface area contributed by atoms with E-state index in [1.54, 1.807) is 22.4 Å². The minimum Gasteiger partial charge on any atom is -0.367 e. The van der Waals surface area contributed by atoms with Gasteiger partial charge in [0, 0.05) is 43.5 Å². The fraction of sp³-hybridized carbons (Fsp3) is 0.238. The van der Waals surface area contributed by atoms with E-state index in [2.05, 4.69) is 15.2 Å². The number of carbonyl (C=O) groups is 1. The van der Waals surface area contributed by atoms with E-state index >= 15 is 0 Å². The molecule has 1 fully saturated rings. The quantitative estimate of drug-likeness (QED) is 0.601. The molecule has 1 aliphatic heterocycles. The van der Waals surface area contributed by atoms with Crippen molar-refractivity contribution in [3.63, 3.8) is 0 Å². The van der Waals surface area contributed by atoms with Gasteiger partial charge in [0.15, 0.2) is 15.0 Å². The number of benzene rings is 2. The van der Waals surface area contributed by atoms with Crippen LogP contribution in [0.15, 0.2) is 58.8 Å². The Balaban J connectivity index is 1.37. The molecular formula is C21H21ClN4O3S2. The molecule has 10 heteroatoms. The molecule has 0 spiro atoms. The molecule has 2 heterocycles. The summed E-state index contributed by atoms with van der Waals surface area (Å²) in [6.45, 7) is 2.60. The molecule has 0 unspecified atom stereocenters. The number of rotatable bonds is 5. The van der Waals surface area contributed by atoms with E-state index in [0.29, 0.717) is 47.7 Å². The molecule has 0 radical (unpaired) electrons. The molecule has 31 heavy (non-hydrogen) atoms. The van der Waals surface area contributed by atoms with Crippen molar-refractivity contribution in [1.29, 1.82) is 0 Å². The largest absolute Gasteiger partial charge is 0.367 e. The predicted octanol–water partition coefficient (Wildman–Crippen LogP) is 3.91. The topological polar surface area (TPSA) is 82.6 Å². The van der Waals surface area contributed by atoms with Crippen LogP contribution in [-0.2, 0) is 9.84 Å². The van der Waals surface area contributed by atoms with Crippen molar-refractivity contribution in [1.82, 2.24) is 9.88 Å². The third-order valence-electron chi connectivity index (χ3n) is 5.02. The lowest BCUT2D eigenvalue weighted by molar-refractivity contribution is 0.0742. The molecular weight excluding hydrogens is 456 g/mol. The molecule has 3 aromatic rings. The smallest absolute Gasteiger partial charge is 0.273 e. The van der Waals surface area contributed by atoms with Gasteiger partial charge in [-0.25, -0.2) is 13.4 Å². The van der Waals surface area contributed by atoms with E-state index in [1.807, 2.05) is 24.3 Å². The molecule has 1 saturated heterocycles. The van der Waals surface area contributed by atoms with E-state index < -0.39 is 9.84 Å². The Labute approximate surface area is 190 Å². The van der Waals surface area contributed by atoms with Crippen LogP contribution < -0.4 is 10.2 Å². The van der Waals surface area contributed by atoms with Gasteiger partial charge < -0.3 is 15.1 Å². The molecule has 1 N–H and O–H groups in total. The lowest BCUT2D eigenvalue weighted by atomic mass is 10.2. The summed E-state index contributed by atoms with van der Waals surface area (Å²) in [6, 6.07) is 14.1. The number of hydrogen-bond acceptors (Lipinski definition) is 7. The monoisotopic (exact) mass is 476 g/mol. The van der Waals surface area contributed by atoms with Gasteiger partial charge in [0.1, 0.15) is 5.69 Å². The summed E-state index contributed by atoms with van der Waals surface area (Å²) in [7, 11) is -3.24. The lowest BCUT2D eigenvalue weighted by Crippen LogP contribution is -2.49. The summed E-state index contributed by atoms with van der Waals surface area (Å²) < 4.78 is 23.1. The average molecular weight is 477 g/mol. The van der Waals surface area contributed by atoms with E-state index in [0.717, 1.165) is 5.69 Å². The maximum Gasteiger partial charge on any atom is 0.273 e. The molecule has 0 atom stereocenters. The summed E-state index contributed by atoms with van der Waals surface area (Å²) in [6.07, 6.45) is 1.17. The third-order valence-corrected chi connectivity index (χ3v) is 7.22. The maximum absolute atomic E-state index is 12.9. The fourth-order valence-electron chi connectivity index (χ4n) is 3.36. The van der Waals surface area contributed by atoms with Gasteiger partial charge in [-0.05, 0) is 36.4 Å². The number of sulfone groups is 1. The molecule has 2 aromatic carbocycles. The van der Waals surface area contributed by atoms with Gasteiger partial charge in [0.2, 0.25) is 0 Å². The summed E-state index contributed by atoms with van der Waals surface area (Å²) in [4.78, 5) is 21.5. The zero-order valence-electron chi connectivity index (χ0n) is 16.8. The Hall–Kier alpha value is -2.62. The van der Waals surface area contributed by atoms with E-state index in [1.165, 1.54) is 29.7 Å².